The van der Waals surface area contributed by atoms with E-state index in [0.29, 0.717) is 11.5 Å². The van der Waals surface area contributed by atoms with E-state index in [-0.39, 0.29) is 11.9 Å². The molecule has 2 heterocycles. The van der Waals surface area contributed by atoms with Gasteiger partial charge >= 0.3 is 0 Å². The van der Waals surface area contributed by atoms with Crippen molar-refractivity contribution < 1.29 is 4.39 Å². The summed E-state index contributed by atoms with van der Waals surface area (Å²) in [6, 6.07) is 3.65. The molecule has 1 aromatic rings. The van der Waals surface area contributed by atoms with Crippen molar-refractivity contribution >= 4 is 0 Å². The van der Waals surface area contributed by atoms with Gasteiger partial charge in [0.25, 0.3) is 0 Å². The van der Waals surface area contributed by atoms with Gasteiger partial charge in [-0.05, 0) is 19.9 Å². The first-order chi connectivity index (χ1) is 9.13. The smallest absolute Gasteiger partial charge is 0.130 e. The molecule has 19 heavy (non-hydrogen) atoms. The second kappa shape index (κ2) is 6.30. The van der Waals surface area contributed by atoms with Gasteiger partial charge in [-0.2, -0.15) is 0 Å². The van der Waals surface area contributed by atoms with Gasteiger partial charge in [-0.15, -0.1) is 0 Å². The van der Waals surface area contributed by atoms with Gasteiger partial charge < -0.3 is 9.88 Å². The third kappa shape index (κ3) is 3.22. The maximum Gasteiger partial charge on any atom is 0.130 e. The number of hydrogen-bond donors (Lipinski definition) is 1. The number of piperazine rings is 1. The van der Waals surface area contributed by atoms with Crippen LogP contribution in [0.5, 0.6) is 0 Å². The Bertz CT molecular complexity index is 477. The van der Waals surface area contributed by atoms with Gasteiger partial charge in [0.2, 0.25) is 0 Å². The van der Waals surface area contributed by atoms with E-state index in [2.05, 4.69) is 33.6 Å². The molecule has 0 aliphatic carbocycles. The molecule has 1 saturated heterocycles. The minimum absolute atomic E-state index is 0.237. The van der Waals surface area contributed by atoms with Gasteiger partial charge in [-0.25, -0.2) is 4.39 Å². The Labute approximate surface area is 114 Å². The Morgan fingerprint density at radius 3 is 2.58 bits per heavy atom. The Hall–Kier alpha value is -1.20. The van der Waals surface area contributed by atoms with Gasteiger partial charge in [0.05, 0.1) is 0 Å². The summed E-state index contributed by atoms with van der Waals surface area (Å²) >= 11 is 0. The van der Waals surface area contributed by atoms with Gasteiger partial charge in [-0.1, -0.05) is 0 Å². The van der Waals surface area contributed by atoms with Crippen LogP contribution in [-0.4, -0.2) is 48.7 Å². The summed E-state index contributed by atoms with van der Waals surface area (Å²) in [5.41, 5.74) is 0.689. The number of nitrogens with zero attached hydrogens (tertiary/aromatic N) is 3. The van der Waals surface area contributed by atoms with Crippen LogP contribution in [0.2, 0.25) is 0 Å². The van der Waals surface area contributed by atoms with Crippen molar-refractivity contribution in [3.63, 3.8) is 0 Å². The summed E-state index contributed by atoms with van der Waals surface area (Å²) < 4.78 is 15.3. The van der Waals surface area contributed by atoms with Crippen molar-refractivity contribution in [1.29, 1.82) is 0 Å². The minimum atomic E-state index is -0.237. The van der Waals surface area contributed by atoms with Crippen molar-refractivity contribution in [2.24, 2.45) is 4.99 Å². The van der Waals surface area contributed by atoms with Crippen molar-refractivity contribution in [3.8, 4) is 0 Å². The number of hydrogen-bond acceptors (Lipinski definition) is 3. The molecule has 0 saturated carbocycles. The van der Waals surface area contributed by atoms with Crippen LogP contribution in [0.4, 0.5) is 4.39 Å². The lowest BCUT2D eigenvalue weighted by Gasteiger charge is -2.37. The Balaban J connectivity index is 2.21. The zero-order chi connectivity index (χ0) is 13.8. The van der Waals surface area contributed by atoms with Crippen LogP contribution < -0.4 is 10.8 Å². The van der Waals surface area contributed by atoms with Crippen LogP contribution in [0, 0.1) is 5.82 Å². The van der Waals surface area contributed by atoms with Gasteiger partial charge in [0.15, 0.2) is 0 Å². The van der Waals surface area contributed by atoms with Crippen LogP contribution in [0.1, 0.15) is 19.9 Å². The first kappa shape index (κ1) is 14.2. The summed E-state index contributed by atoms with van der Waals surface area (Å²) in [5, 5.41) is 3.36. The summed E-state index contributed by atoms with van der Waals surface area (Å²) in [4.78, 5) is 6.64. The average molecular weight is 266 g/mol. The fraction of sp³-hybridized carbons (Fsp3) is 0.643. The lowest BCUT2D eigenvalue weighted by molar-refractivity contribution is 0.143. The summed E-state index contributed by atoms with van der Waals surface area (Å²) in [6.45, 7) is 8.59. The largest absolute Gasteiger partial charge is 0.329 e. The molecule has 1 unspecified atom stereocenters. The molecule has 5 heteroatoms. The van der Waals surface area contributed by atoms with Crippen LogP contribution in [0.25, 0.3) is 0 Å². The molecule has 2 rings (SSSR count). The molecule has 0 bridgehead atoms. The molecule has 0 amide bonds. The van der Waals surface area contributed by atoms with E-state index in [1.807, 2.05) is 0 Å². The van der Waals surface area contributed by atoms with E-state index in [9.17, 15) is 4.39 Å². The van der Waals surface area contributed by atoms with E-state index in [4.69, 9.17) is 0 Å². The highest BCUT2D eigenvalue weighted by Gasteiger charge is 2.22. The summed E-state index contributed by atoms with van der Waals surface area (Å²) in [6.07, 6.45) is 1.79. The SMILES string of the molecule is CN=c1cc(F)ccn1[C@H](C)C(C)N1CCNCC1. The number of rotatable bonds is 3. The molecule has 0 spiro atoms. The average Bonchev–Trinajstić information content (AvgIpc) is 2.46. The van der Waals surface area contributed by atoms with Crippen LogP contribution in [0.3, 0.4) is 0 Å². The lowest BCUT2D eigenvalue weighted by atomic mass is 10.1. The third-order valence-electron chi connectivity index (χ3n) is 4.02. The van der Waals surface area contributed by atoms with Crippen molar-refractivity contribution in [2.75, 3.05) is 33.2 Å². The predicted octanol–water partition coefficient (Wildman–Crippen LogP) is 1.01. The summed E-state index contributed by atoms with van der Waals surface area (Å²) in [5.74, 6) is -0.237. The fourth-order valence-electron chi connectivity index (χ4n) is 2.63. The van der Waals surface area contributed by atoms with E-state index >= 15 is 0 Å². The monoisotopic (exact) mass is 266 g/mol. The van der Waals surface area contributed by atoms with E-state index in [1.54, 1.807) is 13.2 Å². The van der Waals surface area contributed by atoms with E-state index in [1.165, 1.54) is 12.1 Å². The molecule has 4 nitrogen and oxygen atoms in total. The molecule has 0 aromatic carbocycles. The van der Waals surface area contributed by atoms with E-state index < -0.39 is 0 Å². The summed E-state index contributed by atoms with van der Waals surface area (Å²) in [7, 11) is 1.70. The molecule has 1 aromatic heterocycles. The van der Waals surface area contributed by atoms with Gasteiger partial charge in [-0.3, -0.25) is 9.89 Å². The molecule has 0 radical (unpaired) electrons. The number of nitrogens with one attached hydrogen (secondary N) is 1. The highest BCUT2D eigenvalue weighted by atomic mass is 19.1. The Morgan fingerprint density at radius 1 is 1.26 bits per heavy atom. The third-order valence-corrected chi connectivity index (χ3v) is 4.02. The number of aromatic nitrogens is 1. The molecular formula is C14H23FN4. The van der Waals surface area contributed by atoms with Crippen LogP contribution in [0.15, 0.2) is 23.3 Å². The maximum absolute atomic E-state index is 13.3. The standard InChI is InChI=1S/C14H23FN4/c1-11(18-8-5-17-6-9-18)12(2)19-7-4-13(15)10-14(19)16-3/h4,7,10-12,17H,5-6,8-9H2,1-3H3/t11?,12-/m1/s1. The number of pyridine rings is 1. The topological polar surface area (TPSA) is 32.6 Å². The van der Waals surface area contributed by atoms with Gasteiger partial charge in [0.1, 0.15) is 11.3 Å². The van der Waals surface area contributed by atoms with Crippen molar-refractivity contribution in [3.05, 3.63) is 29.6 Å². The molecule has 1 fully saturated rings. The van der Waals surface area contributed by atoms with Gasteiger partial charge in [0, 0.05) is 57.6 Å². The molecular weight excluding hydrogens is 243 g/mol. The first-order valence-corrected chi connectivity index (χ1v) is 6.88. The zero-order valence-electron chi connectivity index (χ0n) is 11.9. The lowest BCUT2D eigenvalue weighted by Crippen LogP contribution is -2.50. The minimum Gasteiger partial charge on any atom is -0.329 e. The number of halogens is 1. The Kier molecular flexibility index (Phi) is 4.71. The van der Waals surface area contributed by atoms with Crippen LogP contribution >= 0.6 is 0 Å². The molecule has 1 aliphatic heterocycles. The molecule has 1 aliphatic rings. The Morgan fingerprint density at radius 2 is 1.95 bits per heavy atom. The highest BCUT2D eigenvalue weighted by molar-refractivity contribution is 4.99. The zero-order valence-corrected chi connectivity index (χ0v) is 11.9. The van der Waals surface area contributed by atoms with Crippen molar-refractivity contribution in [2.45, 2.75) is 25.9 Å². The second-order valence-corrected chi connectivity index (χ2v) is 5.10. The first-order valence-electron chi connectivity index (χ1n) is 6.88. The second-order valence-electron chi connectivity index (χ2n) is 5.10. The maximum atomic E-state index is 13.3. The van der Waals surface area contributed by atoms with Crippen LogP contribution in [-0.2, 0) is 0 Å². The van der Waals surface area contributed by atoms with Crippen molar-refractivity contribution in [1.82, 2.24) is 14.8 Å². The highest BCUT2D eigenvalue weighted by Crippen LogP contribution is 2.15. The molecule has 1 N–H and O–H groups in total. The fourth-order valence-corrected chi connectivity index (χ4v) is 2.63. The predicted molar refractivity (Wildman–Crippen MR) is 74.5 cm³/mol. The quantitative estimate of drug-likeness (QED) is 0.886. The molecule has 2 atom stereocenters. The molecule has 106 valence electrons. The normalized spacial score (nSPS) is 21.4. The van der Waals surface area contributed by atoms with E-state index in [0.717, 1.165) is 26.2 Å².